The van der Waals surface area contributed by atoms with Gasteiger partial charge in [0, 0.05) is 22.0 Å². The first-order chi connectivity index (χ1) is 13.3. The zero-order valence-electron chi connectivity index (χ0n) is 15.8. The SMILES string of the molecule is CC1(C)CC(c2cc(N3CCOC3=O)ccc2Cl)Nc2ccc(C(N)=O)cc21. The fourth-order valence-electron chi connectivity index (χ4n) is 4.02. The number of rotatable bonds is 3. The zero-order valence-corrected chi connectivity index (χ0v) is 16.5. The van der Waals surface area contributed by atoms with E-state index in [0.717, 1.165) is 28.9 Å². The minimum absolute atomic E-state index is 0.0343. The summed E-state index contributed by atoms with van der Waals surface area (Å²) in [5, 5.41) is 4.17. The molecule has 2 aliphatic heterocycles. The van der Waals surface area contributed by atoms with E-state index in [1.165, 1.54) is 0 Å². The van der Waals surface area contributed by atoms with Crippen LogP contribution in [0.2, 0.25) is 5.02 Å². The highest BCUT2D eigenvalue weighted by Crippen LogP contribution is 2.46. The second-order valence-corrected chi connectivity index (χ2v) is 8.29. The minimum Gasteiger partial charge on any atom is -0.447 e. The summed E-state index contributed by atoms with van der Waals surface area (Å²) in [5.41, 5.74) is 9.46. The lowest BCUT2D eigenvalue weighted by Crippen LogP contribution is -2.32. The van der Waals surface area contributed by atoms with Gasteiger partial charge in [0.2, 0.25) is 5.91 Å². The third-order valence-corrected chi connectivity index (χ3v) is 5.85. The van der Waals surface area contributed by atoms with E-state index < -0.39 is 5.91 Å². The maximum atomic E-state index is 11.9. The van der Waals surface area contributed by atoms with Crippen LogP contribution in [0.25, 0.3) is 0 Å². The number of ether oxygens (including phenoxy) is 1. The summed E-state index contributed by atoms with van der Waals surface area (Å²) in [6.45, 7) is 5.20. The van der Waals surface area contributed by atoms with Crippen molar-refractivity contribution in [3.63, 3.8) is 0 Å². The van der Waals surface area contributed by atoms with Crippen molar-refractivity contribution in [3.05, 3.63) is 58.1 Å². The Bertz CT molecular complexity index is 973. The molecule has 0 aromatic heterocycles. The summed E-state index contributed by atoms with van der Waals surface area (Å²) >= 11 is 6.52. The van der Waals surface area contributed by atoms with Gasteiger partial charge in [-0.3, -0.25) is 9.69 Å². The van der Waals surface area contributed by atoms with Gasteiger partial charge in [-0.25, -0.2) is 4.79 Å². The third-order valence-electron chi connectivity index (χ3n) is 5.50. The summed E-state index contributed by atoms with van der Waals surface area (Å²) in [7, 11) is 0. The molecule has 28 heavy (non-hydrogen) atoms. The van der Waals surface area contributed by atoms with Crippen LogP contribution in [0.4, 0.5) is 16.2 Å². The van der Waals surface area contributed by atoms with Crippen molar-refractivity contribution in [2.45, 2.75) is 31.7 Å². The highest BCUT2D eigenvalue weighted by molar-refractivity contribution is 6.31. The number of nitrogens with one attached hydrogen (secondary N) is 1. The number of benzene rings is 2. The number of carbonyl (C=O) groups excluding carboxylic acids is 2. The van der Waals surface area contributed by atoms with Crippen molar-refractivity contribution in [3.8, 4) is 0 Å². The molecule has 0 spiro atoms. The Morgan fingerprint density at radius 2 is 2.07 bits per heavy atom. The molecule has 0 aliphatic carbocycles. The third kappa shape index (κ3) is 3.18. The van der Waals surface area contributed by atoms with Gasteiger partial charge in [-0.2, -0.15) is 0 Å². The summed E-state index contributed by atoms with van der Waals surface area (Å²) in [6.07, 6.45) is 0.435. The second kappa shape index (κ2) is 6.71. The molecule has 0 bridgehead atoms. The van der Waals surface area contributed by atoms with E-state index >= 15 is 0 Å². The standard InChI is InChI=1S/C21H22ClN3O3/c1-21(2)11-18(24-17-6-3-12(19(23)26)9-15(17)21)14-10-13(4-5-16(14)22)25-7-8-28-20(25)27/h3-6,9-10,18,24H,7-8,11H2,1-2H3,(H2,23,26). The van der Waals surface area contributed by atoms with Gasteiger partial charge < -0.3 is 15.8 Å². The van der Waals surface area contributed by atoms with Crippen LogP contribution in [0.15, 0.2) is 36.4 Å². The molecule has 4 rings (SSSR count). The number of nitrogens with zero attached hydrogens (tertiary/aromatic N) is 1. The first-order valence-electron chi connectivity index (χ1n) is 9.21. The normalized spacial score (nSPS) is 20.3. The van der Waals surface area contributed by atoms with Crippen molar-refractivity contribution in [2.75, 3.05) is 23.4 Å². The number of carbonyl (C=O) groups is 2. The second-order valence-electron chi connectivity index (χ2n) is 7.88. The molecular formula is C21H22ClN3O3. The maximum Gasteiger partial charge on any atom is 0.414 e. The van der Waals surface area contributed by atoms with Gasteiger partial charge in [0.15, 0.2) is 0 Å². The minimum atomic E-state index is -0.436. The molecule has 0 saturated carbocycles. The lowest BCUT2D eigenvalue weighted by Gasteiger charge is -2.39. The molecule has 7 heteroatoms. The summed E-state index contributed by atoms with van der Waals surface area (Å²) in [6, 6.07) is 11.0. The largest absolute Gasteiger partial charge is 0.447 e. The van der Waals surface area contributed by atoms with Crippen LogP contribution < -0.4 is 16.0 Å². The first-order valence-corrected chi connectivity index (χ1v) is 9.59. The quantitative estimate of drug-likeness (QED) is 0.808. The fraction of sp³-hybridized carbons (Fsp3) is 0.333. The molecule has 1 fully saturated rings. The zero-order chi connectivity index (χ0) is 20.1. The van der Waals surface area contributed by atoms with Crippen molar-refractivity contribution in [2.24, 2.45) is 5.73 Å². The number of hydrogen-bond acceptors (Lipinski definition) is 4. The predicted octanol–water partition coefficient (Wildman–Crippen LogP) is 4.23. The molecule has 2 heterocycles. The molecule has 146 valence electrons. The number of hydrogen-bond donors (Lipinski definition) is 2. The Kier molecular flexibility index (Phi) is 4.46. The first kappa shape index (κ1) is 18.6. The van der Waals surface area contributed by atoms with Crippen LogP contribution in [-0.2, 0) is 10.2 Å². The van der Waals surface area contributed by atoms with Gasteiger partial charge in [-0.05, 0) is 59.4 Å². The van der Waals surface area contributed by atoms with Crippen LogP contribution in [0.5, 0.6) is 0 Å². The van der Waals surface area contributed by atoms with Crippen LogP contribution in [-0.4, -0.2) is 25.2 Å². The van der Waals surface area contributed by atoms with Crippen LogP contribution in [0, 0.1) is 0 Å². The van der Waals surface area contributed by atoms with Crippen molar-refractivity contribution >= 4 is 35.0 Å². The van der Waals surface area contributed by atoms with Gasteiger partial charge in [0.05, 0.1) is 12.6 Å². The molecule has 3 N–H and O–H groups in total. The summed E-state index contributed by atoms with van der Waals surface area (Å²) < 4.78 is 5.05. The van der Waals surface area contributed by atoms with Crippen LogP contribution in [0.3, 0.4) is 0 Å². The van der Waals surface area contributed by atoms with E-state index in [-0.39, 0.29) is 17.6 Å². The molecule has 0 radical (unpaired) electrons. The maximum absolute atomic E-state index is 11.9. The molecule has 6 nitrogen and oxygen atoms in total. The Hall–Kier alpha value is -2.73. The molecule has 2 aromatic rings. The van der Waals surface area contributed by atoms with Crippen LogP contribution >= 0.6 is 11.6 Å². The van der Waals surface area contributed by atoms with E-state index in [1.54, 1.807) is 11.0 Å². The van der Waals surface area contributed by atoms with Gasteiger partial charge in [-0.1, -0.05) is 25.4 Å². The lowest BCUT2D eigenvalue weighted by atomic mass is 9.73. The lowest BCUT2D eigenvalue weighted by molar-refractivity contribution is 0.1000. The summed E-state index contributed by atoms with van der Waals surface area (Å²) in [5.74, 6) is -0.436. The topological polar surface area (TPSA) is 84.7 Å². The van der Waals surface area contributed by atoms with Gasteiger partial charge in [0.1, 0.15) is 6.61 Å². The molecule has 2 aliphatic rings. The molecule has 2 aromatic carbocycles. The monoisotopic (exact) mass is 399 g/mol. The smallest absolute Gasteiger partial charge is 0.414 e. The van der Waals surface area contributed by atoms with E-state index in [0.29, 0.717) is 23.7 Å². The molecular weight excluding hydrogens is 378 g/mol. The Morgan fingerprint density at radius 1 is 1.29 bits per heavy atom. The Labute approximate surface area is 168 Å². The molecule has 1 unspecified atom stereocenters. The highest BCUT2D eigenvalue weighted by atomic mass is 35.5. The fourth-order valence-corrected chi connectivity index (χ4v) is 4.27. The van der Waals surface area contributed by atoms with Crippen molar-refractivity contribution < 1.29 is 14.3 Å². The van der Waals surface area contributed by atoms with Crippen LogP contribution in [0.1, 0.15) is 47.8 Å². The number of amides is 2. The van der Waals surface area contributed by atoms with Crippen molar-refractivity contribution in [1.82, 2.24) is 0 Å². The van der Waals surface area contributed by atoms with Gasteiger partial charge in [-0.15, -0.1) is 0 Å². The van der Waals surface area contributed by atoms with E-state index in [4.69, 9.17) is 22.1 Å². The van der Waals surface area contributed by atoms with Gasteiger partial charge >= 0.3 is 6.09 Å². The number of primary amides is 1. The predicted molar refractivity (Wildman–Crippen MR) is 109 cm³/mol. The summed E-state index contributed by atoms with van der Waals surface area (Å²) in [4.78, 5) is 25.1. The molecule has 2 amide bonds. The average Bonchev–Trinajstić information content (AvgIpc) is 3.07. The van der Waals surface area contributed by atoms with E-state index in [9.17, 15) is 9.59 Å². The van der Waals surface area contributed by atoms with E-state index in [1.807, 2.05) is 30.3 Å². The molecule has 1 atom stereocenters. The van der Waals surface area contributed by atoms with Gasteiger partial charge in [0.25, 0.3) is 0 Å². The Morgan fingerprint density at radius 3 is 2.75 bits per heavy atom. The number of halogens is 1. The number of anilines is 2. The Balaban J connectivity index is 1.71. The van der Waals surface area contributed by atoms with E-state index in [2.05, 4.69) is 19.2 Å². The number of fused-ring (bicyclic) bond motifs is 1. The average molecular weight is 400 g/mol. The van der Waals surface area contributed by atoms with Crippen molar-refractivity contribution in [1.29, 1.82) is 0 Å². The molecule has 1 saturated heterocycles. The number of nitrogens with two attached hydrogens (primary N) is 1. The highest BCUT2D eigenvalue weighted by Gasteiger charge is 2.35. The number of cyclic esters (lactones) is 1.